The van der Waals surface area contributed by atoms with Gasteiger partial charge in [-0.3, -0.25) is 4.90 Å². The van der Waals surface area contributed by atoms with Crippen LogP contribution in [0.2, 0.25) is 0 Å². The zero-order chi connectivity index (χ0) is 24.5. The molecule has 6 heteroatoms. The minimum absolute atomic E-state index is 0.0745. The van der Waals surface area contributed by atoms with Crippen molar-refractivity contribution in [1.82, 2.24) is 5.32 Å². The van der Waals surface area contributed by atoms with Crippen molar-refractivity contribution in [3.8, 4) is 5.75 Å². The molecule has 0 saturated carbocycles. The summed E-state index contributed by atoms with van der Waals surface area (Å²) in [6, 6.07) is 24.4. The van der Waals surface area contributed by atoms with Crippen molar-refractivity contribution in [2.24, 2.45) is 0 Å². The van der Waals surface area contributed by atoms with Crippen molar-refractivity contribution in [3.05, 3.63) is 78.4 Å². The first-order valence-electron chi connectivity index (χ1n) is 12.1. The number of fused-ring (bicyclic) bond motifs is 2. The average molecular weight is 489 g/mol. The first-order valence-corrected chi connectivity index (χ1v) is 12.9. The van der Waals surface area contributed by atoms with Crippen LogP contribution in [0.1, 0.15) is 38.7 Å². The van der Waals surface area contributed by atoms with Gasteiger partial charge in [-0.25, -0.2) is 4.79 Å². The SMILES string of the molecule is COc1ccc([C@@]2(CCNC(=O)N3c4ccccc4Sc4ccccc43)CCOC(C)(C)C2)cc1. The number of rotatable bonds is 5. The second-order valence-electron chi connectivity index (χ2n) is 9.90. The Morgan fingerprint density at radius 3 is 2.23 bits per heavy atom. The number of benzene rings is 3. The summed E-state index contributed by atoms with van der Waals surface area (Å²) in [7, 11) is 1.69. The third-order valence-corrected chi connectivity index (χ3v) is 8.19. The number of anilines is 2. The molecule has 1 N–H and O–H groups in total. The molecule has 0 unspecified atom stereocenters. The summed E-state index contributed by atoms with van der Waals surface area (Å²) in [5.41, 5.74) is 2.82. The van der Waals surface area contributed by atoms with Crippen LogP contribution in [-0.4, -0.2) is 31.9 Å². The number of hydrogen-bond acceptors (Lipinski definition) is 4. The van der Waals surface area contributed by atoms with Gasteiger partial charge in [0.2, 0.25) is 0 Å². The third-order valence-electron chi connectivity index (χ3n) is 7.06. The number of carbonyl (C=O) groups excluding carboxylic acids is 1. The molecule has 2 aliphatic rings. The van der Waals surface area contributed by atoms with E-state index < -0.39 is 0 Å². The van der Waals surface area contributed by atoms with E-state index in [2.05, 4.69) is 43.4 Å². The average Bonchev–Trinajstić information content (AvgIpc) is 2.86. The maximum atomic E-state index is 13.6. The van der Waals surface area contributed by atoms with E-state index in [0.717, 1.165) is 46.2 Å². The maximum Gasteiger partial charge on any atom is 0.326 e. The van der Waals surface area contributed by atoms with E-state index in [9.17, 15) is 4.79 Å². The van der Waals surface area contributed by atoms with Gasteiger partial charge in [-0.15, -0.1) is 0 Å². The summed E-state index contributed by atoms with van der Waals surface area (Å²) in [6.07, 6.45) is 2.66. The van der Waals surface area contributed by atoms with Gasteiger partial charge in [-0.2, -0.15) is 0 Å². The van der Waals surface area contributed by atoms with Crippen LogP contribution < -0.4 is 15.0 Å². The number of nitrogens with zero attached hydrogens (tertiary/aromatic N) is 1. The fourth-order valence-corrected chi connectivity index (χ4v) is 6.49. The van der Waals surface area contributed by atoms with E-state index in [1.807, 2.05) is 53.4 Å². The molecule has 182 valence electrons. The lowest BCUT2D eigenvalue weighted by Crippen LogP contribution is -2.46. The fourth-order valence-electron chi connectivity index (χ4n) is 5.44. The van der Waals surface area contributed by atoms with Crippen LogP contribution in [0.3, 0.4) is 0 Å². The van der Waals surface area contributed by atoms with E-state index in [1.165, 1.54) is 5.56 Å². The molecule has 2 aliphatic heterocycles. The van der Waals surface area contributed by atoms with Crippen LogP contribution >= 0.6 is 11.8 Å². The van der Waals surface area contributed by atoms with Gasteiger partial charge in [0.15, 0.2) is 0 Å². The van der Waals surface area contributed by atoms with Crippen molar-refractivity contribution < 1.29 is 14.3 Å². The van der Waals surface area contributed by atoms with Crippen molar-refractivity contribution in [3.63, 3.8) is 0 Å². The molecule has 0 radical (unpaired) electrons. The molecule has 3 aromatic carbocycles. The van der Waals surface area contributed by atoms with E-state index in [0.29, 0.717) is 13.2 Å². The normalized spacial score (nSPS) is 20.5. The number of nitrogens with one attached hydrogen (secondary N) is 1. The van der Waals surface area contributed by atoms with Gasteiger partial charge in [0, 0.05) is 28.4 Å². The predicted molar refractivity (Wildman–Crippen MR) is 141 cm³/mol. The molecule has 1 saturated heterocycles. The van der Waals surface area contributed by atoms with Gasteiger partial charge in [0.1, 0.15) is 5.75 Å². The maximum absolute atomic E-state index is 13.6. The topological polar surface area (TPSA) is 50.8 Å². The van der Waals surface area contributed by atoms with Crippen LogP contribution in [0.4, 0.5) is 16.2 Å². The Hall–Kier alpha value is -2.96. The molecule has 0 aromatic heterocycles. The number of hydrogen-bond donors (Lipinski definition) is 1. The van der Waals surface area contributed by atoms with Gasteiger partial charge >= 0.3 is 6.03 Å². The molecule has 2 heterocycles. The van der Waals surface area contributed by atoms with Gasteiger partial charge < -0.3 is 14.8 Å². The first kappa shape index (κ1) is 23.8. The standard InChI is InChI=1S/C29H32N2O3S/c1-28(2)20-29(17-19-34-28,21-12-14-22(33-3)15-13-21)16-18-30-27(32)31-23-8-4-6-10-25(23)35-26-11-7-5-9-24(26)31/h4-15H,16-20H2,1-3H3,(H,30,32)/t29-/m0/s1. The molecule has 0 spiro atoms. The molecule has 5 nitrogen and oxygen atoms in total. The fraction of sp³-hybridized carbons (Fsp3) is 0.345. The van der Waals surface area contributed by atoms with Gasteiger partial charge in [-0.05, 0) is 75.1 Å². The number of para-hydroxylation sites is 2. The second-order valence-corrected chi connectivity index (χ2v) is 11.0. The molecule has 5 rings (SSSR count). The van der Waals surface area contributed by atoms with E-state index in [-0.39, 0.29) is 17.0 Å². The highest BCUT2D eigenvalue weighted by Crippen LogP contribution is 2.48. The highest BCUT2D eigenvalue weighted by Gasteiger charge is 2.42. The van der Waals surface area contributed by atoms with Crippen molar-refractivity contribution >= 4 is 29.2 Å². The smallest absolute Gasteiger partial charge is 0.326 e. The summed E-state index contributed by atoms with van der Waals surface area (Å²) in [5.74, 6) is 0.851. The molecular weight excluding hydrogens is 456 g/mol. The molecule has 1 atom stereocenters. The molecule has 2 amide bonds. The largest absolute Gasteiger partial charge is 0.497 e. The summed E-state index contributed by atoms with van der Waals surface area (Å²) in [4.78, 5) is 17.6. The third kappa shape index (κ3) is 4.78. The number of urea groups is 1. The zero-order valence-corrected chi connectivity index (χ0v) is 21.4. The van der Waals surface area contributed by atoms with Crippen LogP contribution in [-0.2, 0) is 10.2 Å². The van der Waals surface area contributed by atoms with Crippen molar-refractivity contribution in [2.45, 2.75) is 53.9 Å². The molecule has 1 fully saturated rings. The van der Waals surface area contributed by atoms with Gasteiger partial charge in [-0.1, -0.05) is 48.2 Å². The van der Waals surface area contributed by atoms with Crippen LogP contribution in [0.15, 0.2) is 82.6 Å². The first-order chi connectivity index (χ1) is 16.9. The Morgan fingerprint density at radius 2 is 1.63 bits per heavy atom. The molecular formula is C29H32N2O3S. The Kier molecular flexibility index (Phi) is 6.51. The van der Waals surface area contributed by atoms with Crippen LogP contribution in [0.25, 0.3) is 0 Å². The highest BCUT2D eigenvalue weighted by molar-refractivity contribution is 7.99. The molecule has 35 heavy (non-hydrogen) atoms. The molecule has 0 aliphatic carbocycles. The van der Waals surface area contributed by atoms with E-state index in [1.54, 1.807) is 18.9 Å². The summed E-state index contributed by atoms with van der Waals surface area (Å²) in [6.45, 7) is 5.59. The van der Waals surface area contributed by atoms with Crippen LogP contribution in [0.5, 0.6) is 5.75 Å². The van der Waals surface area contributed by atoms with Crippen molar-refractivity contribution in [2.75, 3.05) is 25.2 Å². The quantitative estimate of drug-likeness (QED) is 0.423. The monoisotopic (exact) mass is 488 g/mol. The van der Waals surface area contributed by atoms with Gasteiger partial charge in [0.05, 0.1) is 24.1 Å². The Bertz CT molecular complexity index is 1170. The number of methoxy groups -OCH3 is 1. The number of ether oxygens (including phenoxy) is 2. The minimum Gasteiger partial charge on any atom is -0.497 e. The lowest BCUT2D eigenvalue weighted by molar-refractivity contribution is -0.0838. The highest BCUT2D eigenvalue weighted by atomic mass is 32.2. The van der Waals surface area contributed by atoms with E-state index in [4.69, 9.17) is 9.47 Å². The van der Waals surface area contributed by atoms with Crippen molar-refractivity contribution in [1.29, 1.82) is 0 Å². The van der Waals surface area contributed by atoms with E-state index >= 15 is 0 Å². The lowest BCUT2D eigenvalue weighted by Gasteiger charge is -2.45. The van der Waals surface area contributed by atoms with Crippen LogP contribution in [0, 0.1) is 0 Å². The molecule has 0 bridgehead atoms. The lowest BCUT2D eigenvalue weighted by atomic mass is 9.67. The predicted octanol–water partition coefficient (Wildman–Crippen LogP) is 6.92. The number of carbonyl (C=O) groups is 1. The number of amides is 2. The summed E-state index contributed by atoms with van der Waals surface area (Å²) < 4.78 is 11.4. The minimum atomic E-state index is -0.218. The summed E-state index contributed by atoms with van der Waals surface area (Å²) in [5, 5.41) is 3.24. The second kappa shape index (κ2) is 9.59. The molecule has 3 aromatic rings. The Labute approximate surface area is 211 Å². The van der Waals surface area contributed by atoms with Gasteiger partial charge in [0.25, 0.3) is 0 Å². The zero-order valence-electron chi connectivity index (χ0n) is 20.5. The Morgan fingerprint density at radius 1 is 1.00 bits per heavy atom. The Balaban J connectivity index is 1.37. The summed E-state index contributed by atoms with van der Waals surface area (Å²) >= 11 is 1.70.